The lowest BCUT2D eigenvalue weighted by Gasteiger charge is -2.25. The molecule has 27 heavy (non-hydrogen) atoms. The van der Waals surface area contributed by atoms with Gasteiger partial charge in [-0.1, -0.05) is 0 Å². The molecule has 0 spiro atoms. The maximum Gasteiger partial charge on any atom is 0.254 e. The average Bonchev–Trinajstić information content (AvgIpc) is 3.15. The molecule has 1 amide bonds. The lowest BCUT2D eigenvalue weighted by Crippen LogP contribution is -2.51. The Labute approximate surface area is 156 Å². The normalized spacial score (nSPS) is 11.8. The van der Waals surface area contributed by atoms with E-state index in [-0.39, 0.29) is 24.2 Å². The number of methoxy groups -OCH3 is 1. The molecule has 0 aromatic carbocycles. The van der Waals surface area contributed by atoms with E-state index in [1.807, 2.05) is 0 Å². The van der Waals surface area contributed by atoms with E-state index in [0.717, 1.165) is 0 Å². The molecular formula is C16H24N6O5. The minimum Gasteiger partial charge on any atom is -0.467 e. The Morgan fingerprint density at radius 2 is 2.22 bits per heavy atom. The number of nitriles is 1. The monoisotopic (exact) mass is 380 g/mol. The number of carbonyl (C=O) groups excluding carboxylic acids is 2. The highest BCUT2D eigenvalue weighted by molar-refractivity contribution is 5.92. The van der Waals surface area contributed by atoms with Gasteiger partial charge in [-0.15, -0.1) is 0 Å². The van der Waals surface area contributed by atoms with Gasteiger partial charge in [0.2, 0.25) is 5.96 Å². The summed E-state index contributed by atoms with van der Waals surface area (Å²) in [6.45, 7) is 3.23. The molecule has 1 atom stereocenters. The van der Waals surface area contributed by atoms with Gasteiger partial charge >= 0.3 is 0 Å². The van der Waals surface area contributed by atoms with Crippen LogP contribution < -0.4 is 20.7 Å². The molecule has 0 fully saturated rings. The Bertz CT molecular complexity index is 667. The van der Waals surface area contributed by atoms with E-state index in [0.29, 0.717) is 19.4 Å². The molecule has 0 unspecified atom stereocenters. The minimum atomic E-state index is -1.09. The molecule has 4 N–H and O–H groups in total. The first-order valence-electron chi connectivity index (χ1n) is 8.19. The molecule has 0 aliphatic rings. The van der Waals surface area contributed by atoms with Gasteiger partial charge in [-0.25, -0.2) is 0 Å². The first-order chi connectivity index (χ1) is 12.8. The van der Waals surface area contributed by atoms with Gasteiger partial charge in [0.05, 0.1) is 6.04 Å². The summed E-state index contributed by atoms with van der Waals surface area (Å²) in [5.41, 5.74) is -1.09. The van der Waals surface area contributed by atoms with Gasteiger partial charge in [0.25, 0.3) is 11.8 Å². The van der Waals surface area contributed by atoms with E-state index in [1.54, 1.807) is 20.0 Å². The number of hydrogen-bond donors (Lipinski definition) is 4. The number of nitrogens with zero attached hydrogens (tertiary/aromatic N) is 2. The molecule has 1 heterocycles. The number of carbonyl (C=O) groups is 2. The minimum absolute atomic E-state index is 0.140. The Morgan fingerprint density at radius 1 is 1.48 bits per heavy atom. The second-order valence-corrected chi connectivity index (χ2v) is 6.01. The van der Waals surface area contributed by atoms with Crippen LogP contribution in [0.15, 0.2) is 16.9 Å². The van der Waals surface area contributed by atoms with Gasteiger partial charge in [-0.2, -0.15) is 5.26 Å². The van der Waals surface area contributed by atoms with Crippen molar-refractivity contribution in [3.63, 3.8) is 0 Å². The topological polar surface area (TPSA) is 162 Å². The maximum absolute atomic E-state index is 12.5. The quantitative estimate of drug-likeness (QED) is 0.135. The first kappa shape index (κ1) is 21.9. The molecule has 0 saturated carbocycles. The number of nitrogens with one attached hydrogen (secondary N) is 4. The third-order valence-electron chi connectivity index (χ3n) is 3.68. The summed E-state index contributed by atoms with van der Waals surface area (Å²) in [5.74, 6) is -0.747. The van der Waals surface area contributed by atoms with Crippen LogP contribution >= 0.6 is 0 Å². The van der Waals surface area contributed by atoms with Crippen molar-refractivity contribution in [1.29, 1.82) is 10.7 Å². The second kappa shape index (κ2) is 10.8. The van der Waals surface area contributed by atoms with Crippen LogP contribution in [0.25, 0.3) is 0 Å². The van der Waals surface area contributed by atoms with Crippen LogP contribution in [0.3, 0.4) is 0 Å². The zero-order valence-electron chi connectivity index (χ0n) is 15.5. The van der Waals surface area contributed by atoms with Gasteiger partial charge < -0.3 is 24.6 Å². The second-order valence-electron chi connectivity index (χ2n) is 6.01. The van der Waals surface area contributed by atoms with Crippen molar-refractivity contribution in [2.45, 2.75) is 38.3 Å². The van der Waals surface area contributed by atoms with Crippen molar-refractivity contribution in [3.8, 4) is 12.1 Å². The SMILES string of the molecule is COC(C)(C)C(=O)N[C@@H](CCCNC(=N)NC#N)C(=O)COc1ccon1. The molecule has 11 nitrogen and oxygen atoms in total. The zero-order valence-corrected chi connectivity index (χ0v) is 15.5. The number of ketones is 1. The van der Waals surface area contributed by atoms with Gasteiger partial charge in [0, 0.05) is 19.7 Å². The van der Waals surface area contributed by atoms with Crippen LogP contribution in [0.4, 0.5) is 0 Å². The third kappa shape index (κ3) is 7.74. The number of Topliss-reactive ketones (excluding diaryl/α,β-unsaturated/α-hetero) is 1. The van der Waals surface area contributed by atoms with Crippen molar-refractivity contribution < 1.29 is 23.6 Å². The van der Waals surface area contributed by atoms with Gasteiger partial charge in [0.1, 0.15) is 11.9 Å². The summed E-state index contributed by atoms with van der Waals surface area (Å²) < 4.78 is 15.0. The Balaban J connectivity index is 2.61. The van der Waals surface area contributed by atoms with E-state index in [1.165, 1.54) is 19.4 Å². The highest BCUT2D eigenvalue weighted by Crippen LogP contribution is 2.10. The summed E-state index contributed by atoms with van der Waals surface area (Å²) in [7, 11) is 1.40. The smallest absolute Gasteiger partial charge is 0.254 e. The van der Waals surface area contributed by atoms with Crippen molar-refractivity contribution >= 4 is 17.6 Å². The fourth-order valence-corrected chi connectivity index (χ4v) is 1.88. The van der Waals surface area contributed by atoms with Crippen molar-refractivity contribution in [3.05, 3.63) is 12.3 Å². The summed E-state index contributed by atoms with van der Waals surface area (Å²) in [6.07, 6.45) is 3.70. The number of rotatable bonds is 11. The molecule has 0 bridgehead atoms. The van der Waals surface area contributed by atoms with E-state index in [2.05, 4.69) is 25.6 Å². The predicted molar refractivity (Wildman–Crippen MR) is 93.7 cm³/mol. The largest absolute Gasteiger partial charge is 0.467 e. The molecule has 1 aromatic rings. The Hall–Kier alpha value is -3.13. The molecule has 0 saturated heterocycles. The van der Waals surface area contributed by atoms with Crippen LogP contribution in [0, 0.1) is 16.9 Å². The van der Waals surface area contributed by atoms with Crippen molar-refractivity contribution in [1.82, 2.24) is 21.1 Å². The van der Waals surface area contributed by atoms with E-state index >= 15 is 0 Å². The summed E-state index contributed by atoms with van der Waals surface area (Å²) in [6, 6.07) is 0.658. The lowest BCUT2D eigenvalue weighted by molar-refractivity contribution is -0.142. The van der Waals surface area contributed by atoms with Crippen LogP contribution in [-0.4, -0.2) is 54.7 Å². The number of ether oxygens (including phenoxy) is 2. The summed E-state index contributed by atoms with van der Waals surface area (Å²) in [4.78, 5) is 24.8. The fourth-order valence-electron chi connectivity index (χ4n) is 1.88. The van der Waals surface area contributed by atoms with E-state index in [4.69, 9.17) is 20.1 Å². The van der Waals surface area contributed by atoms with E-state index < -0.39 is 17.6 Å². The van der Waals surface area contributed by atoms with Gasteiger partial charge in [-0.05, 0) is 31.8 Å². The zero-order chi connectivity index (χ0) is 20.3. The summed E-state index contributed by atoms with van der Waals surface area (Å²) >= 11 is 0. The van der Waals surface area contributed by atoms with Gasteiger partial charge in [0.15, 0.2) is 18.6 Å². The molecular weight excluding hydrogens is 356 g/mol. The average molecular weight is 380 g/mol. The highest BCUT2D eigenvalue weighted by Gasteiger charge is 2.31. The molecule has 148 valence electrons. The number of aromatic nitrogens is 1. The lowest BCUT2D eigenvalue weighted by atomic mass is 10.0. The van der Waals surface area contributed by atoms with Gasteiger partial charge in [-0.3, -0.25) is 20.3 Å². The highest BCUT2D eigenvalue weighted by atomic mass is 16.5. The molecule has 1 rings (SSSR count). The predicted octanol–water partition coefficient (Wildman–Crippen LogP) is -0.0924. The fraction of sp³-hybridized carbons (Fsp3) is 0.562. The number of guanidine groups is 1. The molecule has 1 aromatic heterocycles. The Kier molecular flexibility index (Phi) is 8.74. The van der Waals surface area contributed by atoms with Crippen LogP contribution in [0.1, 0.15) is 26.7 Å². The van der Waals surface area contributed by atoms with Crippen molar-refractivity contribution in [2.24, 2.45) is 0 Å². The molecule has 0 radical (unpaired) electrons. The first-order valence-corrected chi connectivity index (χ1v) is 8.19. The standard InChI is InChI=1S/C16H24N6O5/c1-16(2,25-3)14(24)21-11(5-4-7-19-15(18)20-10-17)12(23)9-26-13-6-8-27-22-13/h6,8,11H,4-5,7,9H2,1-3H3,(H,21,24)(H3,18,19,20)/t11-/m0/s1. The molecule has 11 heteroatoms. The maximum atomic E-state index is 12.5. The van der Waals surface area contributed by atoms with Crippen LogP contribution in [-0.2, 0) is 14.3 Å². The Morgan fingerprint density at radius 3 is 2.81 bits per heavy atom. The summed E-state index contributed by atoms with van der Waals surface area (Å²) in [5, 5.41) is 26.8. The van der Waals surface area contributed by atoms with Crippen LogP contribution in [0.2, 0.25) is 0 Å². The molecule has 0 aliphatic heterocycles. The third-order valence-corrected chi connectivity index (χ3v) is 3.68. The van der Waals surface area contributed by atoms with Crippen LogP contribution in [0.5, 0.6) is 5.88 Å². The van der Waals surface area contributed by atoms with E-state index in [9.17, 15) is 9.59 Å². The molecule has 0 aliphatic carbocycles. The van der Waals surface area contributed by atoms with Crippen molar-refractivity contribution in [2.75, 3.05) is 20.3 Å². The number of hydrogen-bond acceptors (Lipinski definition) is 8. The number of amides is 1.